The summed E-state index contributed by atoms with van der Waals surface area (Å²) in [5.74, 6) is -1.03. The van der Waals surface area contributed by atoms with Gasteiger partial charge in [-0.25, -0.2) is 4.39 Å². The maximum absolute atomic E-state index is 14.1. The highest BCUT2D eigenvalue weighted by atomic mass is 19.1. The Morgan fingerprint density at radius 2 is 1.95 bits per heavy atom. The van der Waals surface area contributed by atoms with E-state index in [0.717, 1.165) is 5.69 Å². The first-order valence-corrected chi connectivity index (χ1v) is 6.63. The molecule has 3 rings (SSSR count). The Balaban J connectivity index is 2.06. The molecule has 6 heteroatoms. The minimum absolute atomic E-state index is 0.00300. The zero-order valence-corrected chi connectivity index (χ0v) is 11.8. The highest BCUT2D eigenvalue weighted by Gasteiger charge is 2.16. The SMILES string of the molecule is Cc1cc(NC(=O)c2nccc3c(N)ccc(F)c23)ccn1. The lowest BCUT2D eigenvalue weighted by atomic mass is 10.1. The van der Waals surface area contributed by atoms with Gasteiger partial charge in [0.2, 0.25) is 0 Å². The Morgan fingerprint density at radius 1 is 1.18 bits per heavy atom. The van der Waals surface area contributed by atoms with Gasteiger partial charge >= 0.3 is 0 Å². The highest BCUT2D eigenvalue weighted by molar-refractivity contribution is 6.13. The van der Waals surface area contributed by atoms with E-state index in [2.05, 4.69) is 15.3 Å². The third-order valence-electron chi connectivity index (χ3n) is 3.28. The van der Waals surface area contributed by atoms with E-state index in [1.807, 2.05) is 6.92 Å². The Morgan fingerprint density at radius 3 is 2.73 bits per heavy atom. The number of nitrogens with two attached hydrogens (primary N) is 1. The van der Waals surface area contributed by atoms with Crippen molar-refractivity contribution in [2.24, 2.45) is 0 Å². The van der Waals surface area contributed by atoms with E-state index in [0.29, 0.717) is 16.8 Å². The summed E-state index contributed by atoms with van der Waals surface area (Å²) in [6, 6.07) is 7.65. The number of pyridine rings is 2. The molecule has 110 valence electrons. The number of rotatable bonds is 2. The Bertz CT molecular complexity index is 879. The van der Waals surface area contributed by atoms with E-state index in [9.17, 15) is 9.18 Å². The van der Waals surface area contributed by atoms with Gasteiger partial charge in [0.15, 0.2) is 0 Å². The van der Waals surface area contributed by atoms with Crippen molar-refractivity contribution >= 4 is 28.1 Å². The van der Waals surface area contributed by atoms with E-state index >= 15 is 0 Å². The lowest BCUT2D eigenvalue weighted by Gasteiger charge is -2.09. The molecule has 2 heterocycles. The third kappa shape index (κ3) is 2.46. The van der Waals surface area contributed by atoms with Crippen molar-refractivity contribution in [2.45, 2.75) is 6.92 Å². The fourth-order valence-corrected chi connectivity index (χ4v) is 2.27. The summed E-state index contributed by atoms with van der Waals surface area (Å²) in [5.41, 5.74) is 7.56. The minimum atomic E-state index is -0.534. The van der Waals surface area contributed by atoms with Crippen molar-refractivity contribution in [3.05, 3.63) is 59.9 Å². The van der Waals surface area contributed by atoms with Crippen LogP contribution in [0.3, 0.4) is 0 Å². The van der Waals surface area contributed by atoms with E-state index < -0.39 is 11.7 Å². The van der Waals surface area contributed by atoms with E-state index in [1.54, 1.807) is 24.4 Å². The lowest BCUT2D eigenvalue weighted by molar-refractivity contribution is 0.102. The number of nitrogens with one attached hydrogen (secondary N) is 1. The van der Waals surface area contributed by atoms with Crippen LogP contribution in [0.15, 0.2) is 42.7 Å². The summed E-state index contributed by atoms with van der Waals surface area (Å²) in [6.45, 7) is 1.81. The van der Waals surface area contributed by atoms with Gasteiger partial charge in [-0.05, 0) is 37.3 Å². The first kappa shape index (κ1) is 13.9. The molecule has 5 nitrogen and oxygen atoms in total. The average molecular weight is 296 g/mol. The van der Waals surface area contributed by atoms with Gasteiger partial charge in [-0.3, -0.25) is 14.8 Å². The Hall–Kier alpha value is -3.02. The lowest BCUT2D eigenvalue weighted by Crippen LogP contribution is -2.15. The molecule has 3 N–H and O–H groups in total. The highest BCUT2D eigenvalue weighted by Crippen LogP contribution is 2.26. The van der Waals surface area contributed by atoms with Crippen LogP contribution in [0, 0.1) is 12.7 Å². The number of nitrogen functional groups attached to an aromatic ring is 1. The molecule has 0 radical (unpaired) electrons. The van der Waals surface area contributed by atoms with Crippen LogP contribution in [0.5, 0.6) is 0 Å². The second-order valence-corrected chi connectivity index (χ2v) is 4.86. The summed E-state index contributed by atoms with van der Waals surface area (Å²) in [7, 11) is 0. The molecule has 0 spiro atoms. The molecule has 0 saturated carbocycles. The maximum Gasteiger partial charge on any atom is 0.275 e. The molecule has 0 aliphatic heterocycles. The molecule has 0 fully saturated rings. The fraction of sp³-hybridized carbons (Fsp3) is 0.0625. The molecule has 1 amide bonds. The normalized spacial score (nSPS) is 10.6. The van der Waals surface area contributed by atoms with Crippen LogP contribution >= 0.6 is 0 Å². The van der Waals surface area contributed by atoms with Gasteiger partial charge in [0, 0.05) is 34.8 Å². The molecule has 0 aliphatic carbocycles. The van der Waals surface area contributed by atoms with Crippen molar-refractivity contribution in [1.82, 2.24) is 9.97 Å². The van der Waals surface area contributed by atoms with Crippen molar-refractivity contribution in [3.63, 3.8) is 0 Å². The van der Waals surface area contributed by atoms with Crippen LogP contribution in [0.2, 0.25) is 0 Å². The number of anilines is 2. The molecule has 0 atom stereocenters. The zero-order valence-electron chi connectivity index (χ0n) is 11.8. The standard InChI is InChI=1S/C16H13FN4O/c1-9-8-10(4-6-19-9)21-16(22)15-14-11(5-7-20-15)13(18)3-2-12(14)17/h2-8H,18H2,1H3,(H,19,21,22). The van der Waals surface area contributed by atoms with Gasteiger partial charge in [0.1, 0.15) is 11.5 Å². The molecule has 22 heavy (non-hydrogen) atoms. The Kier molecular flexibility index (Phi) is 3.42. The van der Waals surface area contributed by atoms with E-state index in [1.165, 1.54) is 18.3 Å². The quantitative estimate of drug-likeness (QED) is 0.712. The summed E-state index contributed by atoms with van der Waals surface area (Å²) >= 11 is 0. The minimum Gasteiger partial charge on any atom is -0.398 e. The number of halogens is 1. The van der Waals surface area contributed by atoms with Crippen LogP contribution in [0.1, 0.15) is 16.2 Å². The van der Waals surface area contributed by atoms with Gasteiger partial charge in [0.05, 0.1) is 5.39 Å². The summed E-state index contributed by atoms with van der Waals surface area (Å²) < 4.78 is 14.1. The monoisotopic (exact) mass is 296 g/mol. The number of aromatic nitrogens is 2. The van der Waals surface area contributed by atoms with Crippen molar-refractivity contribution < 1.29 is 9.18 Å². The average Bonchev–Trinajstić information content (AvgIpc) is 2.50. The van der Waals surface area contributed by atoms with E-state index in [4.69, 9.17) is 5.73 Å². The molecule has 2 aromatic heterocycles. The first-order valence-electron chi connectivity index (χ1n) is 6.63. The van der Waals surface area contributed by atoms with Crippen LogP contribution in [-0.4, -0.2) is 15.9 Å². The predicted molar refractivity (Wildman–Crippen MR) is 83.0 cm³/mol. The van der Waals surface area contributed by atoms with Crippen molar-refractivity contribution in [1.29, 1.82) is 0 Å². The van der Waals surface area contributed by atoms with Crippen LogP contribution in [0.25, 0.3) is 10.8 Å². The van der Waals surface area contributed by atoms with Crippen LogP contribution < -0.4 is 11.1 Å². The number of hydrogen-bond acceptors (Lipinski definition) is 4. The smallest absolute Gasteiger partial charge is 0.275 e. The second kappa shape index (κ2) is 5.40. The molecular formula is C16H13FN4O. The topological polar surface area (TPSA) is 80.9 Å². The molecule has 0 saturated heterocycles. The number of carbonyl (C=O) groups is 1. The maximum atomic E-state index is 14.1. The summed E-state index contributed by atoms with van der Waals surface area (Å²) in [5, 5.41) is 3.27. The summed E-state index contributed by atoms with van der Waals surface area (Å²) in [4.78, 5) is 20.5. The van der Waals surface area contributed by atoms with Gasteiger partial charge in [-0.1, -0.05) is 0 Å². The van der Waals surface area contributed by atoms with Gasteiger partial charge in [-0.15, -0.1) is 0 Å². The van der Waals surface area contributed by atoms with Crippen molar-refractivity contribution in [2.75, 3.05) is 11.1 Å². The third-order valence-corrected chi connectivity index (χ3v) is 3.28. The van der Waals surface area contributed by atoms with Crippen LogP contribution in [-0.2, 0) is 0 Å². The summed E-state index contributed by atoms with van der Waals surface area (Å²) in [6.07, 6.45) is 3.02. The first-order chi connectivity index (χ1) is 10.6. The Labute approximate surface area is 126 Å². The number of nitrogens with zero attached hydrogens (tertiary/aromatic N) is 2. The largest absolute Gasteiger partial charge is 0.398 e. The van der Waals surface area contributed by atoms with Gasteiger partial charge in [-0.2, -0.15) is 0 Å². The number of hydrogen-bond donors (Lipinski definition) is 2. The zero-order chi connectivity index (χ0) is 15.7. The number of fused-ring (bicyclic) bond motifs is 1. The fourth-order valence-electron chi connectivity index (χ4n) is 2.27. The predicted octanol–water partition coefficient (Wildman–Crippen LogP) is 2.91. The van der Waals surface area contributed by atoms with E-state index in [-0.39, 0.29) is 11.1 Å². The molecule has 1 aromatic carbocycles. The molecule has 3 aromatic rings. The number of aryl methyl sites for hydroxylation is 1. The number of carbonyl (C=O) groups excluding carboxylic acids is 1. The number of benzene rings is 1. The molecule has 0 unspecified atom stereocenters. The second-order valence-electron chi connectivity index (χ2n) is 4.86. The van der Waals surface area contributed by atoms with Crippen molar-refractivity contribution in [3.8, 4) is 0 Å². The molecular weight excluding hydrogens is 283 g/mol. The van der Waals surface area contributed by atoms with Crippen LogP contribution in [0.4, 0.5) is 15.8 Å². The molecule has 0 bridgehead atoms. The number of amides is 1. The molecule has 0 aliphatic rings. The van der Waals surface area contributed by atoms with Gasteiger partial charge in [0.25, 0.3) is 5.91 Å². The van der Waals surface area contributed by atoms with Gasteiger partial charge < -0.3 is 11.1 Å².